The van der Waals surface area contributed by atoms with Crippen LogP contribution in [0.5, 0.6) is 5.75 Å². The van der Waals surface area contributed by atoms with Gasteiger partial charge in [0.1, 0.15) is 18.2 Å². The van der Waals surface area contributed by atoms with Gasteiger partial charge in [-0.25, -0.2) is 9.18 Å². The lowest BCUT2D eigenvalue weighted by molar-refractivity contribution is 0.0694. The van der Waals surface area contributed by atoms with Crippen LogP contribution in [0.3, 0.4) is 0 Å². The molecule has 0 saturated carbocycles. The highest BCUT2D eigenvalue weighted by Crippen LogP contribution is 2.34. The van der Waals surface area contributed by atoms with E-state index in [0.717, 1.165) is 12.1 Å². The Hall–Kier alpha value is -1.30. The molecular weight excluding hydrogens is 386 g/mol. The minimum absolute atomic E-state index is 0.0317. The molecule has 7 heteroatoms. The minimum Gasteiger partial charge on any atom is -0.487 e. The monoisotopic (exact) mass is 392 g/mol. The van der Waals surface area contributed by atoms with Crippen LogP contribution in [0.2, 0.25) is 10.0 Å². The average molecular weight is 394 g/mol. The molecule has 2 aromatic carbocycles. The van der Waals surface area contributed by atoms with Gasteiger partial charge in [0.25, 0.3) is 0 Å². The highest BCUT2D eigenvalue weighted by Gasteiger charge is 2.13. The summed E-state index contributed by atoms with van der Waals surface area (Å²) in [5, 5.41) is 9.76. The molecule has 0 aliphatic heterocycles. The SMILES string of the molecule is O=C(O)c1ccc(F)cc1COc1cc(Cl)c(Br)cc1Cl. The first-order chi connectivity index (χ1) is 9.88. The van der Waals surface area contributed by atoms with Gasteiger partial charge >= 0.3 is 5.97 Å². The summed E-state index contributed by atoms with van der Waals surface area (Å²) in [7, 11) is 0. The van der Waals surface area contributed by atoms with E-state index in [1.807, 2.05) is 0 Å². The van der Waals surface area contributed by atoms with Crippen LogP contribution < -0.4 is 4.74 Å². The molecule has 0 saturated heterocycles. The Morgan fingerprint density at radius 3 is 2.62 bits per heavy atom. The van der Waals surface area contributed by atoms with Gasteiger partial charge in [0.2, 0.25) is 0 Å². The van der Waals surface area contributed by atoms with E-state index in [0.29, 0.717) is 14.5 Å². The highest BCUT2D eigenvalue weighted by molar-refractivity contribution is 9.10. The second-order valence-electron chi connectivity index (χ2n) is 4.09. The fourth-order valence-electron chi connectivity index (χ4n) is 1.66. The van der Waals surface area contributed by atoms with Gasteiger partial charge in [-0.05, 0) is 40.2 Å². The van der Waals surface area contributed by atoms with Crippen molar-refractivity contribution in [3.8, 4) is 5.75 Å². The topological polar surface area (TPSA) is 46.5 Å². The van der Waals surface area contributed by atoms with Gasteiger partial charge in [-0.1, -0.05) is 23.2 Å². The predicted octanol–water partition coefficient (Wildman–Crippen LogP) is 5.17. The molecule has 0 aliphatic rings. The van der Waals surface area contributed by atoms with Crippen molar-refractivity contribution < 1.29 is 19.0 Å². The molecule has 1 N–H and O–H groups in total. The third-order valence-electron chi connectivity index (χ3n) is 2.66. The average Bonchev–Trinajstić information content (AvgIpc) is 2.41. The molecule has 110 valence electrons. The molecule has 2 rings (SSSR count). The van der Waals surface area contributed by atoms with Crippen LogP contribution in [-0.4, -0.2) is 11.1 Å². The van der Waals surface area contributed by atoms with Crippen molar-refractivity contribution in [3.05, 3.63) is 61.8 Å². The lowest BCUT2D eigenvalue weighted by Crippen LogP contribution is -2.06. The summed E-state index contributed by atoms with van der Waals surface area (Å²) in [6.07, 6.45) is 0. The number of carbonyl (C=O) groups is 1. The van der Waals surface area contributed by atoms with Gasteiger partial charge in [0, 0.05) is 16.1 Å². The third-order valence-corrected chi connectivity index (χ3v) is 4.15. The number of ether oxygens (including phenoxy) is 1. The van der Waals surface area contributed by atoms with Crippen LogP contribution in [-0.2, 0) is 6.61 Å². The molecule has 0 atom stereocenters. The van der Waals surface area contributed by atoms with Gasteiger partial charge in [-0.15, -0.1) is 0 Å². The number of aromatic carboxylic acids is 1. The Morgan fingerprint density at radius 1 is 1.24 bits per heavy atom. The van der Waals surface area contributed by atoms with Crippen molar-refractivity contribution in [3.63, 3.8) is 0 Å². The normalized spacial score (nSPS) is 10.5. The van der Waals surface area contributed by atoms with Crippen molar-refractivity contribution in [1.29, 1.82) is 0 Å². The molecule has 0 aliphatic carbocycles. The summed E-state index contributed by atoms with van der Waals surface area (Å²) in [4.78, 5) is 11.1. The Bertz CT molecular complexity index is 707. The summed E-state index contributed by atoms with van der Waals surface area (Å²) >= 11 is 15.1. The van der Waals surface area contributed by atoms with Crippen molar-refractivity contribution >= 4 is 45.1 Å². The molecule has 21 heavy (non-hydrogen) atoms. The number of carboxylic acids is 1. The maximum absolute atomic E-state index is 13.2. The summed E-state index contributed by atoms with van der Waals surface area (Å²) in [6, 6.07) is 6.43. The summed E-state index contributed by atoms with van der Waals surface area (Å²) in [5.41, 5.74) is 0.174. The van der Waals surface area contributed by atoms with Crippen LogP contribution in [0.25, 0.3) is 0 Å². The van der Waals surface area contributed by atoms with Crippen LogP contribution >= 0.6 is 39.1 Å². The van der Waals surface area contributed by atoms with Gasteiger partial charge < -0.3 is 9.84 Å². The Morgan fingerprint density at radius 2 is 1.95 bits per heavy atom. The zero-order valence-corrected chi connectivity index (χ0v) is 13.5. The predicted molar refractivity (Wildman–Crippen MR) is 81.9 cm³/mol. The zero-order chi connectivity index (χ0) is 15.6. The maximum Gasteiger partial charge on any atom is 0.336 e. The molecule has 0 amide bonds. The molecule has 0 spiro atoms. The van der Waals surface area contributed by atoms with Crippen LogP contribution in [0.4, 0.5) is 4.39 Å². The van der Waals surface area contributed by atoms with E-state index < -0.39 is 11.8 Å². The molecule has 0 fully saturated rings. The van der Waals surface area contributed by atoms with Crippen LogP contribution in [0.15, 0.2) is 34.8 Å². The smallest absolute Gasteiger partial charge is 0.336 e. The number of benzene rings is 2. The molecule has 0 unspecified atom stereocenters. The van der Waals surface area contributed by atoms with Crippen molar-refractivity contribution in [2.75, 3.05) is 0 Å². The molecular formula is C14H8BrCl2FO3. The molecule has 0 radical (unpaired) electrons. The van der Waals surface area contributed by atoms with Gasteiger partial charge in [-0.3, -0.25) is 0 Å². The summed E-state index contributed by atoms with van der Waals surface area (Å²) in [6.45, 7) is -0.142. The first-order valence-corrected chi connectivity index (χ1v) is 7.22. The second kappa shape index (κ2) is 6.64. The molecule has 2 aromatic rings. The largest absolute Gasteiger partial charge is 0.487 e. The van der Waals surface area contributed by atoms with Crippen LogP contribution in [0.1, 0.15) is 15.9 Å². The standard InChI is InChI=1S/C14H8BrCl2FO3/c15-10-4-12(17)13(5-11(10)16)21-6-7-3-8(18)1-2-9(7)14(19)20/h1-5H,6H2,(H,19,20). The van der Waals surface area contributed by atoms with E-state index in [-0.39, 0.29) is 23.5 Å². The number of rotatable bonds is 4. The number of hydrogen-bond acceptors (Lipinski definition) is 2. The zero-order valence-electron chi connectivity index (χ0n) is 10.4. The fraction of sp³-hybridized carbons (Fsp3) is 0.0714. The molecule has 3 nitrogen and oxygen atoms in total. The summed E-state index contributed by atoms with van der Waals surface area (Å²) in [5.74, 6) is -1.42. The van der Waals surface area contributed by atoms with Crippen molar-refractivity contribution in [2.45, 2.75) is 6.61 Å². The third kappa shape index (κ3) is 3.87. The second-order valence-corrected chi connectivity index (χ2v) is 5.76. The minimum atomic E-state index is -1.16. The molecule has 0 aromatic heterocycles. The molecule has 0 bridgehead atoms. The van der Waals surface area contributed by atoms with E-state index in [2.05, 4.69) is 15.9 Å². The quantitative estimate of drug-likeness (QED) is 0.728. The lowest BCUT2D eigenvalue weighted by Gasteiger charge is -2.11. The van der Waals surface area contributed by atoms with Crippen molar-refractivity contribution in [2.24, 2.45) is 0 Å². The van der Waals surface area contributed by atoms with E-state index in [9.17, 15) is 9.18 Å². The number of carboxylic acid groups (broad SMARTS) is 1. The first-order valence-electron chi connectivity index (χ1n) is 5.67. The first kappa shape index (κ1) is 16.1. The number of halogens is 4. The van der Waals surface area contributed by atoms with Gasteiger partial charge in [-0.2, -0.15) is 0 Å². The van der Waals surface area contributed by atoms with Crippen LogP contribution in [0, 0.1) is 5.82 Å². The van der Waals surface area contributed by atoms with Crippen molar-refractivity contribution in [1.82, 2.24) is 0 Å². The van der Waals surface area contributed by atoms with E-state index in [1.165, 1.54) is 12.1 Å². The Kier molecular flexibility index (Phi) is 5.08. The van der Waals surface area contributed by atoms with Gasteiger partial charge in [0.15, 0.2) is 0 Å². The highest BCUT2D eigenvalue weighted by atomic mass is 79.9. The lowest BCUT2D eigenvalue weighted by atomic mass is 10.1. The van der Waals surface area contributed by atoms with E-state index in [4.69, 9.17) is 33.0 Å². The van der Waals surface area contributed by atoms with E-state index >= 15 is 0 Å². The van der Waals surface area contributed by atoms with E-state index in [1.54, 1.807) is 6.07 Å². The van der Waals surface area contributed by atoms with Gasteiger partial charge in [0.05, 0.1) is 15.6 Å². The molecule has 0 heterocycles. The number of hydrogen-bond donors (Lipinski definition) is 1. The maximum atomic E-state index is 13.2. The Balaban J connectivity index is 2.26. The fourth-order valence-corrected chi connectivity index (χ4v) is 2.51. The summed E-state index contributed by atoms with van der Waals surface area (Å²) < 4.78 is 19.3. The Labute approximate surface area is 138 Å².